The van der Waals surface area contributed by atoms with Crippen LogP contribution in [0.5, 0.6) is 0 Å². The highest BCUT2D eigenvalue weighted by Gasteiger charge is 2.34. The van der Waals surface area contributed by atoms with Crippen molar-refractivity contribution >= 4 is 17.2 Å². The zero-order chi connectivity index (χ0) is 15.6. The Labute approximate surface area is 136 Å². The van der Waals surface area contributed by atoms with Gasteiger partial charge in [-0.2, -0.15) is 0 Å². The molecule has 112 valence electrons. The Morgan fingerprint density at radius 2 is 1.35 bits per heavy atom. The summed E-state index contributed by atoms with van der Waals surface area (Å²) in [4.78, 5) is 15.1. The molecule has 1 aliphatic heterocycles. The first-order valence-electron chi connectivity index (χ1n) is 7.84. The molecule has 1 atom stereocenters. The second-order valence-corrected chi connectivity index (χ2v) is 5.79. The maximum absolute atomic E-state index is 12.9. The van der Waals surface area contributed by atoms with E-state index >= 15 is 0 Å². The molecule has 23 heavy (non-hydrogen) atoms. The van der Waals surface area contributed by atoms with Crippen LogP contribution in [0.3, 0.4) is 0 Å². The molecule has 1 unspecified atom stereocenters. The number of carbonyl (C=O) groups is 1. The van der Waals surface area contributed by atoms with Crippen molar-refractivity contribution in [2.45, 2.75) is 12.5 Å². The summed E-state index contributed by atoms with van der Waals surface area (Å²) in [5.41, 5.74) is 4.29. The molecule has 4 rings (SSSR count). The SMILES string of the molecule is O=C1Cc2ccccc2N(c2ccccc2)C1c1ccccc1. The maximum atomic E-state index is 12.9. The van der Waals surface area contributed by atoms with Crippen LogP contribution in [0.2, 0.25) is 0 Å². The van der Waals surface area contributed by atoms with Gasteiger partial charge in [-0.25, -0.2) is 0 Å². The molecular weight excluding hydrogens is 282 g/mol. The Balaban J connectivity index is 1.92. The monoisotopic (exact) mass is 299 g/mol. The second-order valence-electron chi connectivity index (χ2n) is 5.79. The molecule has 0 fully saturated rings. The van der Waals surface area contributed by atoms with E-state index in [1.54, 1.807) is 0 Å². The fraction of sp³-hybridized carbons (Fsp3) is 0.0952. The van der Waals surface area contributed by atoms with Crippen LogP contribution in [0.4, 0.5) is 11.4 Å². The number of fused-ring (bicyclic) bond motifs is 1. The van der Waals surface area contributed by atoms with Gasteiger partial charge in [0.2, 0.25) is 0 Å². The largest absolute Gasteiger partial charge is 0.327 e. The predicted octanol–water partition coefficient (Wildman–Crippen LogP) is 4.69. The number of nitrogens with zero attached hydrogens (tertiary/aromatic N) is 1. The first-order valence-corrected chi connectivity index (χ1v) is 7.84. The fourth-order valence-corrected chi connectivity index (χ4v) is 3.31. The number of benzene rings is 3. The van der Waals surface area contributed by atoms with Gasteiger partial charge < -0.3 is 4.90 Å². The topological polar surface area (TPSA) is 20.3 Å². The molecular formula is C21H17NO. The normalized spacial score (nSPS) is 17.0. The number of ketones is 1. The van der Waals surface area contributed by atoms with E-state index < -0.39 is 0 Å². The van der Waals surface area contributed by atoms with Gasteiger partial charge in [0.1, 0.15) is 6.04 Å². The molecule has 0 saturated carbocycles. The molecule has 0 N–H and O–H groups in total. The number of para-hydroxylation sites is 2. The highest BCUT2D eigenvalue weighted by molar-refractivity contribution is 5.97. The van der Waals surface area contributed by atoms with Crippen molar-refractivity contribution in [3.8, 4) is 0 Å². The van der Waals surface area contributed by atoms with Gasteiger partial charge in [0, 0.05) is 17.8 Å². The molecule has 0 spiro atoms. The summed E-state index contributed by atoms with van der Waals surface area (Å²) in [5, 5.41) is 0. The Morgan fingerprint density at radius 3 is 2.09 bits per heavy atom. The third-order valence-corrected chi connectivity index (χ3v) is 4.33. The van der Waals surface area contributed by atoms with E-state index in [4.69, 9.17) is 0 Å². The Hall–Kier alpha value is -2.87. The third-order valence-electron chi connectivity index (χ3n) is 4.33. The van der Waals surface area contributed by atoms with Crippen molar-refractivity contribution < 1.29 is 4.79 Å². The molecule has 1 heterocycles. The summed E-state index contributed by atoms with van der Waals surface area (Å²) in [6.45, 7) is 0. The van der Waals surface area contributed by atoms with Crippen LogP contribution in [0.15, 0.2) is 84.9 Å². The van der Waals surface area contributed by atoms with Crippen molar-refractivity contribution in [3.63, 3.8) is 0 Å². The number of hydrogen-bond donors (Lipinski definition) is 0. The molecule has 0 aromatic heterocycles. The van der Waals surface area contributed by atoms with E-state index in [1.165, 1.54) is 0 Å². The lowest BCUT2D eigenvalue weighted by molar-refractivity contribution is -0.120. The highest BCUT2D eigenvalue weighted by atomic mass is 16.1. The van der Waals surface area contributed by atoms with E-state index in [9.17, 15) is 4.79 Å². The van der Waals surface area contributed by atoms with Crippen LogP contribution >= 0.6 is 0 Å². The van der Waals surface area contributed by atoms with E-state index in [-0.39, 0.29) is 11.8 Å². The van der Waals surface area contributed by atoms with Crippen molar-refractivity contribution in [1.82, 2.24) is 0 Å². The minimum atomic E-state index is -0.270. The lowest BCUT2D eigenvalue weighted by atomic mass is 9.89. The van der Waals surface area contributed by atoms with Gasteiger partial charge in [-0.3, -0.25) is 4.79 Å². The maximum Gasteiger partial charge on any atom is 0.164 e. The first kappa shape index (κ1) is 13.8. The number of hydrogen-bond acceptors (Lipinski definition) is 2. The van der Waals surface area contributed by atoms with Crippen LogP contribution in [-0.4, -0.2) is 5.78 Å². The number of Topliss-reactive ketones (excluding diaryl/α,β-unsaturated/α-hetero) is 1. The summed E-state index contributed by atoms with van der Waals surface area (Å²) in [5.74, 6) is 0.235. The van der Waals surface area contributed by atoms with Crippen LogP contribution in [0, 0.1) is 0 Å². The van der Waals surface area contributed by atoms with Gasteiger partial charge in [0.15, 0.2) is 5.78 Å². The molecule has 0 bridgehead atoms. The second kappa shape index (κ2) is 5.73. The average Bonchev–Trinajstić information content (AvgIpc) is 2.62. The molecule has 3 aromatic rings. The quantitative estimate of drug-likeness (QED) is 0.684. The van der Waals surface area contributed by atoms with E-state index in [0.717, 1.165) is 22.5 Å². The summed E-state index contributed by atoms with van der Waals surface area (Å²) in [7, 11) is 0. The Bertz CT molecular complexity index is 827. The molecule has 0 aliphatic carbocycles. The zero-order valence-electron chi connectivity index (χ0n) is 12.7. The highest BCUT2D eigenvalue weighted by Crippen LogP contribution is 2.41. The standard InChI is InChI=1S/C21H17NO/c23-20-15-17-11-7-8-14-19(17)22(18-12-5-2-6-13-18)21(20)16-9-3-1-4-10-16/h1-14,21H,15H2. The number of anilines is 2. The minimum Gasteiger partial charge on any atom is -0.327 e. The number of carbonyl (C=O) groups excluding carboxylic acids is 1. The van der Waals surface area contributed by atoms with E-state index in [2.05, 4.69) is 23.1 Å². The van der Waals surface area contributed by atoms with Gasteiger partial charge >= 0.3 is 0 Å². The summed E-state index contributed by atoms with van der Waals surface area (Å²) in [6.07, 6.45) is 0.485. The molecule has 2 heteroatoms. The Morgan fingerprint density at radius 1 is 0.739 bits per heavy atom. The molecule has 1 aliphatic rings. The van der Waals surface area contributed by atoms with Gasteiger partial charge in [-0.15, -0.1) is 0 Å². The first-order chi connectivity index (χ1) is 11.3. The van der Waals surface area contributed by atoms with Gasteiger partial charge in [-0.1, -0.05) is 66.7 Å². The third kappa shape index (κ3) is 2.42. The van der Waals surface area contributed by atoms with Gasteiger partial charge in [-0.05, 0) is 29.3 Å². The smallest absolute Gasteiger partial charge is 0.164 e. The predicted molar refractivity (Wildman–Crippen MR) is 92.9 cm³/mol. The molecule has 3 aromatic carbocycles. The van der Waals surface area contributed by atoms with Crippen LogP contribution in [-0.2, 0) is 11.2 Å². The average molecular weight is 299 g/mol. The minimum absolute atomic E-state index is 0.235. The fourth-order valence-electron chi connectivity index (χ4n) is 3.31. The van der Waals surface area contributed by atoms with Gasteiger partial charge in [0.25, 0.3) is 0 Å². The van der Waals surface area contributed by atoms with Crippen LogP contribution in [0.1, 0.15) is 17.2 Å². The molecule has 0 radical (unpaired) electrons. The summed E-state index contributed by atoms with van der Waals surface area (Å²) >= 11 is 0. The zero-order valence-corrected chi connectivity index (χ0v) is 12.7. The molecule has 0 saturated heterocycles. The summed E-state index contributed by atoms with van der Waals surface area (Å²) in [6, 6.07) is 28.1. The summed E-state index contributed by atoms with van der Waals surface area (Å²) < 4.78 is 0. The lowest BCUT2D eigenvalue weighted by Crippen LogP contribution is -2.36. The van der Waals surface area contributed by atoms with Crippen molar-refractivity contribution in [2.24, 2.45) is 0 Å². The van der Waals surface area contributed by atoms with Gasteiger partial charge in [0.05, 0.1) is 0 Å². The van der Waals surface area contributed by atoms with Crippen molar-refractivity contribution in [1.29, 1.82) is 0 Å². The van der Waals surface area contributed by atoms with Crippen molar-refractivity contribution in [3.05, 3.63) is 96.1 Å². The van der Waals surface area contributed by atoms with Crippen molar-refractivity contribution in [2.75, 3.05) is 4.90 Å². The Kier molecular flexibility index (Phi) is 3.43. The van der Waals surface area contributed by atoms with Crippen LogP contribution in [0.25, 0.3) is 0 Å². The van der Waals surface area contributed by atoms with E-state index in [0.29, 0.717) is 6.42 Å². The van der Waals surface area contributed by atoms with E-state index in [1.807, 2.05) is 66.7 Å². The lowest BCUT2D eigenvalue weighted by Gasteiger charge is -2.38. The molecule has 2 nitrogen and oxygen atoms in total. The van der Waals surface area contributed by atoms with Crippen LogP contribution < -0.4 is 4.90 Å². The number of rotatable bonds is 2. The molecule has 0 amide bonds.